The molecule has 0 fully saturated rings. The van der Waals surface area contributed by atoms with E-state index in [4.69, 9.17) is 4.74 Å². The Morgan fingerprint density at radius 1 is 1.20 bits per heavy atom. The highest BCUT2D eigenvalue weighted by Crippen LogP contribution is 2.06. The van der Waals surface area contributed by atoms with E-state index in [0.29, 0.717) is 6.61 Å². The van der Waals surface area contributed by atoms with Crippen molar-refractivity contribution in [1.82, 2.24) is 5.32 Å². The molecule has 2 nitrogen and oxygen atoms in total. The third-order valence-corrected chi connectivity index (χ3v) is 2.32. The maximum atomic E-state index is 5.11. The number of rotatable bonds is 7. The molecule has 1 aromatic rings. The maximum Gasteiger partial charge on any atom is 0.0713 e. The molecular formula is C13H21NO. The second-order valence-corrected chi connectivity index (χ2v) is 3.75. The summed E-state index contributed by atoms with van der Waals surface area (Å²) in [7, 11) is 1.73. The number of nitrogens with one attached hydrogen (secondary N) is 1. The van der Waals surface area contributed by atoms with E-state index >= 15 is 0 Å². The third-order valence-electron chi connectivity index (χ3n) is 2.32. The summed E-state index contributed by atoms with van der Waals surface area (Å²) in [6.07, 6.45) is 2.29. The lowest BCUT2D eigenvalue weighted by atomic mass is 10.1. The molecule has 2 heteroatoms. The van der Waals surface area contributed by atoms with Crippen molar-refractivity contribution in [3.8, 4) is 0 Å². The Bertz CT molecular complexity index is 273. The van der Waals surface area contributed by atoms with Crippen LogP contribution in [0.25, 0.3) is 0 Å². The lowest BCUT2D eigenvalue weighted by molar-refractivity contribution is 0.185. The van der Waals surface area contributed by atoms with Crippen LogP contribution in [0.3, 0.4) is 0 Å². The van der Waals surface area contributed by atoms with Crippen LogP contribution in [0, 0.1) is 0 Å². The Labute approximate surface area is 92.6 Å². The first-order valence-corrected chi connectivity index (χ1v) is 5.64. The van der Waals surface area contributed by atoms with E-state index in [1.54, 1.807) is 7.11 Å². The standard InChI is InChI=1S/C13H21NO/c1-3-8-14-9-7-12-5-4-6-13(10-12)11-15-2/h4-6,10,14H,3,7-9,11H2,1-2H3. The number of methoxy groups -OCH3 is 1. The van der Waals surface area contributed by atoms with Crippen LogP contribution in [0.4, 0.5) is 0 Å². The SMILES string of the molecule is CCCNCCc1cccc(COC)c1. The minimum absolute atomic E-state index is 0.705. The summed E-state index contributed by atoms with van der Waals surface area (Å²) < 4.78 is 5.11. The quantitative estimate of drug-likeness (QED) is 0.693. The van der Waals surface area contributed by atoms with Crippen molar-refractivity contribution in [3.05, 3.63) is 35.4 Å². The fraction of sp³-hybridized carbons (Fsp3) is 0.538. The minimum atomic E-state index is 0.705. The second-order valence-electron chi connectivity index (χ2n) is 3.75. The van der Waals surface area contributed by atoms with Crippen LogP contribution in [0.15, 0.2) is 24.3 Å². The van der Waals surface area contributed by atoms with Crippen LogP contribution in [0.2, 0.25) is 0 Å². The van der Waals surface area contributed by atoms with Gasteiger partial charge in [0.05, 0.1) is 6.61 Å². The topological polar surface area (TPSA) is 21.3 Å². The van der Waals surface area contributed by atoms with Crippen molar-refractivity contribution >= 4 is 0 Å². The Balaban J connectivity index is 2.36. The van der Waals surface area contributed by atoms with E-state index in [-0.39, 0.29) is 0 Å². The average Bonchev–Trinajstić information content (AvgIpc) is 2.26. The third kappa shape index (κ3) is 4.96. The Kier molecular flexibility index (Phi) is 6.05. The van der Waals surface area contributed by atoms with E-state index in [1.807, 2.05) is 0 Å². The highest BCUT2D eigenvalue weighted by atomic mass is 16.5. The average molecular weight is 207 g/mol. The molecule has 0 bridgehead atoms. The van der Waals surface area contributed by atoms with Gasteiger partial charge in [-0.25, -0.2) is 0 Å². The van der Waals surface area contributed by atoms with Gasteiger partial charge in [0.2, 0.25) is 0 Å². The van der Waals surface area contributed by atoms with Crippen LogP contribution in [-0.2, 0) is 17.8 Å². The van der Waals surface area contributed by atoms with Crippen LogP contribution in [0.5, 0.6) is 0 Å². The number of benzene rings is 1. The van der Waals surface area contributed by atoms with Crippen LogP contribution >= 0.6 is 0 Å². The Morgan fingerprint density at radius 2 is 2.00 bits per heavy atom. The van der Waals surface area contributed by atoms with Gasteiger partial charge >= 0.3 is 0 Å². The molecule has 0 spiro atoms. The number of hydrogen-bond donors (Lipinski definition) is 1. The Morgan fingerprint density at radius 3 is 2.73 bits per heavy atom. The van der Waals surface area contributed by atoms with Crippen molar-refractivity contribution in [2.75, 3.05) is 20.2 Å². The van der Waals surface area contributed by atoms with Crippen LogP contribution in [0.1, 0.15) is 24.5 Å². The predicted octanol–water partition coefficient (Wildman–Crippen LogP) is 2.38. The molecule has 0 saturated heterocycles. The van der Waals surface area contributed by atoms with Crippen LogP contribution < -0.4 is 5.32 Å². The zero-order chi connectivity index (χ0) is 10.9. The summed E-state index contributed by atoms with van der Waals surface area (Å²) in [5.74, 6) is 0. The van der Waals surface area contributed by atoms with Gasteiger partial charge in [0, 0.05) is 7.11 Å². The van der Waals surface area contributed by atoms with Gasteiger partial charge in [-0.15, -0.1) is 0 Å². The first-order valence-electron chi connectivity index (χ1n) is 5.64. The second kappa shape index (κ2) is 7.43. The van der Waals surface area contributed by atoms with Gasteiger partial charge in [0.25, 0.3) is 0 Å². The molecule has 1 rings (SSSR count). The minimum Gasteiger partial charge on any atom is -0.380 e. The van der Waals surface area contributed by atoms with E-state index in [1.165, 1.54) is 17.5 Å². The molecule has 0 amide bonds. The lowest BCUT2D eigenvalue weighted by Crippen LogP contribution is -2.17. The highest BCUT2D eigenvalue weighted by molar-refractivity contribution is 5.23. The molecule has 0 aliphatic rings. The van der Waals surface area contributed by atoms with Crippen molar-refractivity contribution in [1.29, 1.82) is 0 Å². The molecule has 15 heavy (non-hydrogen) atoms. The van der Waals surface area contributed by atoms with Crippen LogP contribution in [-0.4, -0.2) is 20.2 Å². The molecule has 0 aromatic heterocycles. The zero-order valence-corrected chi connectivity index (χ0v) is 9.75. The molecule has 84 valence electrons. The first-order chi connectivity index (χ1) is 7.36. The van der Waals surface area contributed by atoms with Gasteiger partial charge < -0.3 is 10.1 Å². The monoisotopic (exact) mass is 207 g/mol. The molecule has 0 radical (unpaired) electrons. The van der Waals surface area contributed by atoms with Gasteiger partial charge in [-0.1, -0.05) is 31.2 Å². The van der Waals surface area contributed by atoms with Gasteiger partial charge in [-0.2, -0.15) is 0 Å². The van der Waals surface area contributed by atoms with E-state index in [0.717, 1.165) is 19.5 Å². The van der Waals surface area contributed by atoms with E-state index in [2.05, 4.69) is 36.5 Å². The van der Waals surface area contributed by atoms with Gasteiger partial charge in [-0.3, -0.25) is 0 Å². The lowest BCUT2D eigenvalue weighted by Gasteiger charge is -2.05. The van der Waals surface area contributed by atoms with Crippen molar-refractivity contribution < 1.29 is 4.74 Å². The molecular weight excluding hydrogens is 186 g/mol. The van der Waals surface area contributed by atoms with Gasteiger partial charge in [0.1, 0.15) is 0 Å². The van der Waals surface area contributed by atoms with E-state index in [9.17, 15) is 0 Å². The molecule has 1 N–H and O–H groups in total. The fourth-order valence-corrected chi connectivity index (χ4v) is 1.58. The highest BCUT2D eigenvalue weighted by Gasteiger charge is 1.95. The van der Waals surface area contributed by atoms with E-state index < -0.39 is 0 Å². The molecule has 1 aromatic carbocycles. The summed E-state index contributed by atoms with van der Waals surface area (Å²) in [4.78, 5) is 0. The van der Waals surface area contributed by atoms with Gasteiger partial charge in [-0.05, 0) is 37.1 Å². The molecule has 0 aliphatic heterocycles. The summed E-state index contributed by atoms with van der Waals surface area (Å²) in [5.41, 5.74) is 2.64. The summed E-state index contributed by atoms with van der Waals surface area (Å²) in [5, 5.41) is 3.40. The summed E-state index contributed by atoms with van der Waals surface area (Å²) in [6.45, 7) is 5.06. The molecule has 0 atom stereocenters. The van der Waals surface area contributed by atoms with Crippen molar-refractivity contribution in [2.24, 2.45) is 0 Å². The number of hydrogen-bond acceptors (Lipinski definition) is 2. The molecule has 0 saturated carbocycles. The van der Waals surface area contributed by atoms with Gasteiger partial charge in [0.15, 0.2) is 0 Å². The molecule has 0 heterocycles. The smallest absolute Gasteiger partial charge is 0.0713 e. The molecule has 0 unspecified atom stereocenters. The first kappa shape index (κ1) is 12.2. The molecule has 0 aliphatic carbocycles. The van der Waals surface area contributed by atoms with Crippen molar-refractivity contribution in [3.63, 3.8) is 0 Å². The number of ether oxygens (including phenoxy) is 1. The normalized spacial score (nSPS) is 10.5. The largest absolute Gasteiger partial charge is 0.380 e. The maximum absolute atomic E-state index is 5.11. The zero-order valence-electron chi connectivity index (χ0n) is 9.75. The summed E-state index contributed by atoms with van der Waals surface area (Å²) >= 11 is 0. The summed E-state index contributed by atoms with van der Waals surface area (Å²) in [6, 6.07) is 8.60. The fourth-order valence-electron chi connectivity index (χ4n) is 1.58. The predicted molar refractivity (Wildman–Crippen MR) is 64.0 cm³/mol. The Hall–Kier alpha value is -0.860. The van der Waals surface area contributed by atoms with Crippen molar-refractivity contribution in [2.45, 2.75) is 26.4 Å².